The first-order chi connectivity index (χ1) is 9.28. The van der Waals surface area contributed by atoms with E-state index in [9.17, 15) is 14.4 Å². The highest BCUT2D eigenvalue weighted by molar-refractivity contribution is 6.05. The molecule has 1 saturated heterocycles. The number of rotatable bonds is 1. The highest BCUT2D eigenvalue weighted by Crippen LogP contribution is 2.52. The van der Waals surface area contributed by atoms with Crippen LogP contribution in [0.3, 0.4) is 0 Å². The van der Waals surface area contributed by atoms with Crippen molar-refractivity contribution in [1.82, 2.24) is 5.06 Å². The van der Waals surface area contributed by atoms with Crippen LogP contribution in [-0.4, -0.2) is 28.6 Å². The lowest BCUT2D eigenvalue weighted by atomic mass is 9.85. The van der Waals surface area contributed by atoms with Gasteiger partial charge in [0.15, 0.2) is 0 Å². The Balaban J connectivity index is 1.72. The van der Waals surface area contributed by atoms with E-state index in [1.165, 1.54) is 0 Å². The summed E-state index contributed by atoms with van der Waals surface area (Å²) in [6.07, 6.45) is 3.77. The summed E-state index contributed by atoms with van der Waals surface area (Å²) in [5.74, 6) is -1.42. The molecule has 1 saturated carbocycles. The average Bonchev–Trinajstić information content (AvgIpc) is 2.96. The van der Waals surface area contributed by atoms with Crippen LogP contribution >= 0.6 is 0 Å². The zero-order valence-corrected chi connectivity index (χ0v) is 11.7. The molecule has 1 heterocycles. The standard InChI is InChI=1S/C14H17NO5/c1-14(2,3)19-13(18)20-15-11(16)9-7-4-5-8(6-7)10(9)12(15)17/h4-5,7-10H,6H2,1-3H3/t7-,8+,9-,10-/m0/s1. The first-order valence-electron chi connectivity index (χ1n) is 6.75. The molecule has 0 unspecified atom stereocenters. The maximum atomic E-state index is 12.2. The van der Waals surface area contributed by atoms with Gasteiger partial charge in [-0.15, -0.1) is 0 Å². The molecular weight excluding hydrogens is 262 g/mol. The van der Waals surface area contributed by atoms with Crippen molar-refractivity contribution in [3.63, 3.8) is 0 Å². The summed E-state index contributed by atoms with van der Waals surface area (Å²) in [6, 6.07) is 0. The zero-order chi connectivity index (χ0) is 14.7. The molecule has 2 bridgehead atoms. The Morgan fingerprint density at radius 3 is 2.10 bits per heavy atom. The van der Waals surface area contributed by atoms with Crippen molar-refractivity contribution in [3.8, 4) is 0 Å². The number of hydrogen-bond donors (Lipinski definition) is 0. The van der Waals surface area contributed by atoms with Crippen LogP contribution in [-0.2, 0) is 19.2 Å². The molecule has 2 amide bonds. The number of imide groups is 1. The highest BCUT2D eigenvalue weighted by Gasteiger charge is 2.61. The number of hydrogen-bond acceptors (Lipinski definition) is 5. The van der Waals surface area contributed by atoms with Gasteiger partial charge in [-0.25, -0.2) is 4.79 Å². The van der Waals surface area contributed by atoms with Crippen molar-refractivity contribution in [2.75, 3.05) is 0 Å². The second-order valence-corrected chi connectivity index (χ2v) is 6.53. The Labute approximate surface area is 116 Å². The van der Waals surface area contributed by atoms with Crippen LogP contribution in [0.1, 0.15) is 27.2 Å². The van der Waals surface area contributed by atoms with Gasteiger partial charge < -0.3 is 4.74 Å². The van der Waals surface area contributed by atoms with Crippen LogP contribution in [0.5, 0.6) is 0 Å². The topological polar surface area (TPSA) is 72.9 Å². The number of ether oxygens (including phenoxy) is 1. The molecular formula is C14H17NO5. The van der Waals surface area contributed by atoms with Gasteiger partial charge in [0.2, 0.25) is 0 Å². The maximum Gasteiger partial charge on any atom is 0.534 e. The number of fused-ring (bicyclic) bond motifs is 5. The van der Waals surface area contributed by atoms with Gasteiger partial charge in [-0.05, 0) is 39.0 Å². The number of amides is 2. The molecule has 2 aliphatic carbocycles. The minimum absolute atomic E-state index is 0.0914. The van der Waals surface area contributed by atoms with Crippen LogP contribution in [0.4, 0.5) is 4.79 Å². The summed E-state index contributed by atoms with van der Waals surface area (Å²) in [5.41, 5.74) is -0.737. The van der Waals surface area contributed by atoms with Crippen LogP contribution in [0.25, 0.3) is 0 Å². The van der Waals surface area contributed by atoms with E-state index in [2.05, 4.69) is 0 Å². The summed E-state index contributed by atoms with van der Waals surface area (Å²) in [6.45, 7) is 5.04. The third kappa shape index (κ3) is 1.90. The van der Waals surface area contributed by atoms with Crippen LogP contribution < -0.4 is 0 Å². The molecule has 4 atom stereocenters. The predicted octanol–water partition coefficient (Wildman–Crippen LogP) is 1.66. The Morgan fingerprint density at radius 1 is 1.15 bits per heavy atom. The second kappa shape index (κ2) is 4.07. The summed E-state index contributed by atoms with van der Waals surface area (Å²) < 4.78 is 4.96. The second-order valence-electron chi connectivity index (χ2n) is 6.53. The third-order valence-corrected chi connectivity index (χ3v) is 3.99. The first-order valence-corrected chi connectivity index (χ1v) is 6.75. The number of allylic oxidation sites excluding steroid dienone is 2. The molecule has 6 heteroatoms. The molecule has 3 rings (SSSR count). The number of carbonyl (C=O) groups is 3. The van der Waals surface area contributed by atoms with Crippen LogP contribution in [0.15, 0.2) is 12.2 Å². The third-order valence-electron chi connectivity index (χ3n) is 3.99. The predicted molar refractivity (Wildman–Crippen MR) is 66.9 cm³/mol. The van der Waals surface area contributed by atoms with E-state index in [1.807, 2.05) is 12.2 Å². The van der Waals surface area contributed by atoms with E-state index in [1.54, 1.807) is 20.8 Å². The smallest absolute Gasteiger partial charge is 0.427 e. The molecule has 0 N–H and O–H groups in total. The van der Waals surface area contributed by atoms with E-state index in [-0.39, 0.29) is 23.7 Å². The lowest BCUT2D eigenvalue weighted by Gasteiger charge is -2.21. The van der Waals surface area contributed by atoms with Gasteiger partial charge >= 0.3 is 6.16 Å². The van der Waals surface area contributed by atoms with E-state index < -0.39 is 23.6 Å². The van der Waals surface area contributed by atoms with E-state index in [4.69, 9.17) is 9.57 Å². The Kier molecular flexibility index (Phi) is 2.68. The molecule has 0 aromatic rings. The summed E-state index contributed by atoms with van der Waals surface area (Å²) >= 11 is 0. The van der Waals surface area contributed by atoms with Gasteiger partial charge in [-0.3, -0.25) is 14.4 Å². The lowest BCUT2D eigenvalue weighted by Crippen LogP contribution is -2.37. The van der Waals surface area contributed by atoms with Crippen molar-refractivity contribution >= 4 is 18.0 Å². The molecule has 1 aliphatic heterocycles. The van der Waals surface area contributed by atoms with Gasteiger partial charge in [-0.2, -0.15) is 0 Å². The molecule has 108 valence electrons. The molecule has 0 radical (unpaired) electrons. The zero-order valence-electron chi connectivity index (χ0n) is 11.7. The minimum Gasteiger partial charge on any atom is -0.427 e. The summed E-state index contributed by atoms with van der Waals surface area (Å²) in [4.78, 5) is 40.9. The van der Waals surface area contributed by atoms with E-state index >= 15 is 0 Å². The minimum atomic E-state index is -1.03. The fraction of sp³-hybridized carbons (Fsp3) is 0.643. The quantitative estimate of drug-likeness (QED) is 0.414. The highest BCUT2D eigenvalue weighted by atomic mass is 16.8. The van der Waals surface area contributed by atoms with Gasteiger partial charge in [0.1, 0.15) is 5.60 Å². The number of nitrogens with zero attached hydrogens (tertiary/aromatic N) is 1. The Bertz CT molecular complexity index is 488. The van der Waals surface area contributed by atoms with Gasteiger partial charge in [0.25, 0.3) is 11.8 Å². The van der Waals surface area contributed by atoms with Gasteiger partial charge in [0, 0.05) is 0 Å². The molecule has 2 fully saturated rings. The van der Waals surface area contributed by atoms with E-state index in [0.29, 0.717) is 5.06 Å². The largest absolute Gasteiger partial charge is 0.534 e. The first kappa shape index (κ1) is 13.1. The Morgan fingerprint density at radius 2 is 1.65 bits per heavy atom. The van der Waals surface area contributed by atoms with Crippen LogP contribution in [0, 0.1) is 23.7 Å². The van der Waals surface area contributed by atoms with Gasteiger partial charge in [0.05, 0.1) is 11.8 Å². The van der Waals surface area contributed by atoms with Crippen molar-refractivity contribution in [3.05, 3.63) is 12.2 Å². The average molecular weight is 279 g/mol. The summed E-state index contributed by atoms with van der Waals surface area (Å²) in [5, 5.41) is 0.593. The number of hydroxylamine groups is 2. The fourth-order valence-electron chi connectivity index (χ4n) is 3.31. The Hall–Kier alpha value is -1.85. The molecule has 0 aromatic heterocycles. The monoisotopic (exact) mass is 279 g/mol. The summed E-state index contributed by atoms with van der Waals surface area (Å²) in [7, 11) is 0. The molecule has 20 heavy (non-hydrogen) atoms. The lowest BCUT2D eigenvalue weighted by molar-refractivity contribution is -0.183. The molecule has 3 aliphatic rings. The number of carbonyl (C=O) groups excluding carboxylic acids is 3. The van der Waals surface area contributed by atoms with E-state index in [0.717, 1.165) is 6.42 Å². The molecule has 0 aromatic carbocycles. The van der Waals surface area contributed by atoms with Crippen molar-refractivity contribution in [2.24, 2.45) is 23.7 Å². The van der Waals surface area contributed by atoms with Crippen molar-refractivity contribution in [1.29, 1.82) is 0 Å². The fourth-order valence-corrected chi connectivity index (χ4v) is 3.31. The normalized spacial score (nSPS) is 34.6. The van der Waals surface area contributed by atoms with Crippen LogP contribution in [0.2, 0.25) is 0 Å². The van der Waals surface area contributed by atoms with Crippen molar-refractivity contribution < 1.29 is 24.0 Å². The molecule has 0 spiro atoms. The van der Waals surface area contributed by atoms with Gasteiger partial charge in [-0.1, -0.05) is 17.2 Å². The molecule has 6 nitrogen and oxygen atoms in total. The maximum absolute atomic E-state index is 12.2. The van der Waals surface area contributed by atoms with Crippen molar-refractivity contribution in [2.45, 2.75) is 32.8 Å². The SMILES string of the molecule is CC(C)(C)OC(=O)ON1C(=O)[C@@H]2[C@@H](C1=O)[C@H]1C=C[C@@H]2C1.